The van der Waals surface area contributed by atoms with Gasteiger partial charge in [-0.1, -0.05) is 30.3 Å². The Hall–Kier alpha value is -3.16. The van der Waals surface area contributed by atoms with E-state index >= 15 is 0 Å². The Labute approximate surface area is 184 Å². The van der Waals surface area contributed by atoms with Crippen molar-refractivity contribution < 1.29 is 13.9 Å². The Morgan fingerprint density at radius 3 is 2.77 bits per heavy atom. The van der Waals surface area contributed by atoms with E-state index in [1.54, 1.807) is 6.26 Å². The third kappa shape index (κ3) is 3.60. The smallest absolute Gasteiger partial charge is 0.263 e. The van der Waals surface area contributed by atoms with E-state index in [0.717, 1.165) is 32.6 Å². The molecule has 0 aliphatic carbocycles. The molecule has 0 saturated heterocycles. The third-order valence-electron chi connectivity index (χ3n) is 5.53. The van der Waals surface area contributed by atoms with Crippen LogP contribution in [0.4, 0.5) is 5.69 Å². The highest BCUT2D eigenvalue weighted by molar-refractivity contribution is 7.21. The molecule has 7 heteroatoms. The van der Waals surface area contributed by atoms with Crippen molar-refractivity contribution in [1.29, 1.82) is 0 Å². The molecule has 4 aromatic rings. The summed E-state index contributed by atoms with van der Waals surface area (Å²) in [6.45, 7) is 4.97. The summed E-state index contributed by atoms with van der Waals surface area (Å²) in [4.78, 5) is 19.1. The van der Waals surface area contributed by atoms with E-state index in [1.165, 1.54) is 11.3 Å². The molecule has 4 heterocycles. The molecular weight excluding hydrogens is 410 g/mol. The molecule has 5 rings (SSSR count). The van der Waals surface area contributed by atoms with Crippen molar-refractivity contribution >= 4 is 33.1 Å². The SMILES string of the molecule is CC1(C)Cc2nc3sc(C(=O)NCc4ccccc4)c(N)c3c(-c3ccco3)c2CO1. The van der Waals surface area contributed by atoms with Gasteiger partial charge in [0.05, 0.1) is 29.9 Å². The Kier molecular flexibility index (Phi) is 4.79. The van der Waals surface area contributed by atoms with Crippen molar-refractivity contribution in [2.75, 3.05) is 5.73 Å². The van der Waals surface area contributed by atoms with Crippen LogP contribution >= 0.6 is 11.3 Å². The number of fused-ring (bicyclic) bond motifs is 2. The minimum absolute atomic E-state index is 0.204. The summed E-state index contributed by atoms with van der Waals surface area (Å²) in [7, 11) is 0. The average molecular weight is 434 g/mol. The van der Waals surface area contributed by atoms with Crippen LogP contribution in [0, 0.1) is 0 Å². The summed E-state index contributed by atoms with van der Waals surface area (Å²) in [5, 5.41) is 3.73. The number of amides is 1. The number of aromatic nitrogens is 1. The molecule has 6 nitrogen and oxygen atoms in total. The van der Waals surface area contributed by atoms with E-state index in [4.69, 9.17) is 19.9 Å². The Balaban J connectivity index is 1.60. The summed E-state index contributed by atoms with van der Waals surface area (Å²) in [5.74, 6) is 0.497. The van der Waals surface area contributed by atoms with Gasteiger partial charge in [0.1, 0.15) is 15.5 Å². The van der Waals surface area contributed by atoms with Crippen molar-refractivity contribution in [3.8, 4) is 11.3 Å². The summed E-state index contributed by atoms with van der Waals surface area (Å²) in [6, 6.07) is 13.5. The molecule has 1 amide bonds. The number of nitrogens with two attached hydrogens (primary N) is 1. The van der Waals surface area contributed by atoms with Gasteiger partial charge >= 0.3 is 0 Å². The van der Waals surface area contributed by atoms with Crippen LogP contribution in [0.5, 0.6) is 0 Å². The van der Waals surface area contributed by atoms with Gasteiger partial charge < -0.3 is 20.2 Å². The number of thiophene rings is 1. The van der Waals surface area contributed by atoms with Gasteiger partial charge in [0.2, 0.25) is 0 Å². The van der Waals surface area contributed by atoms with E-state index in [-0.39, 0.29) is 11.5 Å². The largest absolute Gasteiger partial charge is 0.464 e. The predicted molar refractivity (Wildman–Crippen MR) is 122 cm³/mol. The molecule has 0 saturated carbocycles. The van der Waals surface area contributed by atoms with Crippen molar-refractivity contribution in [1.82, 2.24) is 10.3 Å². The number of benzene rings is 1. The van der Waals surface area contributed by atoms with Gasteiger partial charge in [-0.15, -0.1) is 11.3 Å². The highest BCUT2D eigenvalue weighted by Gasteiger charge is 2.32. The summed E-state index contributed by atoms with van der Waals surface area (Å²) in [6.07, 6.45) is 2.32. The molecule has 0 unspecified atom stereocenters. The van der Waals surface area contributed by atoms with Crippen LogP contribution in [-0.2, 0) is 24.3 Å². The summed E-state index contributed by atoms with van der Waals surface area (Å²) < 4.78 is 11.8. The zero-order valence-corrected chi connectivity index (χ0v) is 18.2. The number of nitrogens with one attached hydrogen (secondary N) is 1. The molecule has 0 radical (unpaired) electrons. The van der Waals surface area contributed by atoms with Gasteiger partial charge in [-0.3, -0.25) is 4.79 Å². The van der Waals surface area contributed by atoms with Gasteiger partial charge in [-0.2, -0.15) is 0 Å². The van der Waals surface area contributed by atoms with Crippen LogP contribution in [0.15, 0.2) is 53.1 Å². The van der Waals surface area contributed by atoms with Crippen LogP contribution < -0.4 is 11.1 Å². The molecule has 3 N–H and O–H groups in total. The fraction of sp³-hybridized carbons (Fsp3) is 0.250. The van der Waals surface area contributed by atoms with E-state index in [2.05, 4.69) is 19.2 Å². The molecule has 0 bridgehead atoms. The lowest BCUT2D eigenvalue weighted by Crippen LogP contribution is -2.32. The standard InChI is InChI=1S/C24H23N3O3S/c1-24(2)11-16-15(13-30-24)18(17-9-6-10-29-17)19-20(25)21(31-23(19)27-16)22(28)26-12-14-7-4-3-5-8-14/h3-10H,11-13,25H2,1-2H3,(H,26,28). The maximum Gasteiger partial charge on any atom is 0.263 e. The van der Waals surface area contributed by atoms with Gasteiger partial charge in [0, 0.05) is 29.5 Å². The van der Waals surface area contributed by atoms with E-state index in [9.17, 15) is 4.79 Å². The molecule has 0 atom stereocenters. The van der Waals surface area contributed by atoms with Gasteiger partial charge in [-0.05, 0) is 31.5 Å². The maximum atomic E-state index is 13.0. The number of pyridine rings is 1. The Morgan fingerprint density at radius 1 is 1.23 bits per heavy atom. The van der Waals surface area contributed by atoms with Crippen LogP contribution in [0.3, 0.4) is 0 Å². The molecular formula is C24H23N3O3S. The molecule has 31 heavy (non-hydrogen) atoms. The first-order valence-electron chi connectivity index (χ1n) is 10.2. The summed E-state index contributed by atoms with van der Waals surface area (Å²) >= 11 is 1.32. The summed E-state index contributed by atoms with van der Waals surface area (Å²) in [5.41, 5.74) is 10.5. The molecule has 158 valence electrons. The van der Waals surface area contributed by atoms with Crippen LogP contribution in [0.25, 0.3) is 21.5 Å². The lowest BCUT2D eigenvalue weighted by molar-refractivity contribution is -0.0409. The minimum Gasteiger partial charge on any atom is -0.464 e. The predicted octanol–water partition coefficient (Wildman–Crippen LogP) is 4.92. The second-order valence-electron chi connectivity index (χ2n) is 8.31. The number of hydrogen-bond donors (Lipinski definition) is 2. The van der Waals surface area contributed by atoms with E-state index < -0.39 is 0 Å². The van der Waals surface area contributed by atoms with Gasteiger partial charge in [0.25, 0.3) is 5.91 Å². The number of furan rings is 1. The normalized spacial score (nSPS) is 15.0. The van der Waals surface area contributed by atoms with Crippen molar-refractivity contribution in [2.45, 2.75) is 39.0 Å². The van der Waals surface area contributed by atoms with E-state index in [0.29, 0.717) is 35.9 Å². The topological polar surface area (TPSA) is 90.4 Å². The Bertz CT molecular complexity index is 1260. The first-order valence-corrected chi connectivity index (χ1v) is 11.0. The van der Waals surface area contributed by atoms with Crippen LogP contribution in [0.2, 0.25) is 0 Å². The first kappa shape index (κ1) is 19.8. The third-order valence-corrected chi connectivity index (χ3v) is 6.63. The minimum atomic E-state index is -0.299. The number of anilines is 1. The van der Waals surface area contributed by atoms with Crippen molar-refractivity contribution in [3.05, 3.63) is 70.4 Å². The van der Waals surface area contributed by atoms with Crippen molar-refractivity contribution in [2.24, 2.45) is 0 Å². The lowest BCUT2D eigenvalue weighted by Gasteiger charge is -2.32. The number of ether oxygens (including phenoxy) is 1. The molecule has 0 spiro atoms. The zero-order chi connectivity index (χ0) is 21.6. The monoisotopic (exact) mass is 433 g/mol. The van der Waals surface area contributed by atoms with E-state index in [1.807, 2.05) is 42.5 Å². The van der Waals surface area contributed by atoms with Crippen LogP contribution in [0.1, 0.15) is 40.3 Å². The molecule has 1 aromatic carbocycles. The lowest BCUT2D eigenvalue weighted by atomic mass is 9.91. The fourth-order valence-corrected chi connectivity index (χ4v) is 5.02. The highest BCUT2D eigenvalue weighted by atomic mass is 32.1. The number of carbonyl (C=O) groups is 1. The second kappa shape index (κ2) is 7.51. The number of rotatable bonds is 4. The Morgan fingerprint density at radius 2 is 2.03 bits per heavy atom. The number of nitrogen functional groups attached to an aromatic ring is 1. The zero-order valence-electron chi connectivity index (χ0n) is 17.4. The van der Waals surface area contributed by atoms with Crippen LogP contribution in [-0.4, -0.2) is 16.5 Å². The van der Waals surface area contributed by atoms with Gasteiger partial charge in [-0.25, -0.2) is 4.98 Å². The molecule has 1 aliphatic heterocycles. The number of hydrogen-bond acceptors (Lipinski definition) is 6. The first-order chi connectivity index (χ1) is 14.9. The van der Waals surface area contributed by atoms with Crippen molar-refractivity contribution in [3.63, 3.8) is 0 Å². The molecule has 3 aromatic heterocycles. The highest BCUT2D eigenvalue weighted by Crippen LogP contribution is 2.44. The average Bonchev–Trinajstić information content (AvgIpc) is 3.39. The maximum absolute atomic E-state index is 13.0. The number of nitrogens with zero attached hydrogens (tertiary/aromatic N) is 1. The second-order valence-corrected chi connectivity index (χ2v) is 9.31. The quantitative estimate of drug-likeness (QED) is 0.477. The fourth-order valence-electron chi connectivity index (χ4n) is 3.98. The van der Waals surface area contributed by atoms with Gasteiger partial charge in [0.15, 0.2) is 0 Å². The number of carbonyl (C=O) groups excluding carboxylic acids is 1. The molecule has 0 fully saturated rings. The molecule has 1 aliphatic rings.